The smallest absolute Gasteiger partial charge is 0.161 e. The minimum atomic E-state index is -1.10. The number of ether oxygens (including phenoxy) is 4. The number of nitrogens with zero attached hydrogens (tertiary/aromatic N) is 3. The van der Waals surface area contributed by atoms with E-state index in [1.807, 2.05) is 61.8 Å². The van der Waals surface area contributed by atoms with Crippen molar-refractivity contribution in [2.75, 3.05) is 46.6 Å². The molecule has 0 amide bonds. The first-order chi connectivity index (χ1) is 17.5. The fourth-order valence-corrected chi connectivity index (χ4v) is 4.44. The molecule has 36 heavy (non-hydrogen) atoms. The summed E-state index contributed by atoms with van der Waals surface area (Å²) < 4.78 is 25.4. The molecule has 0 radical (unpaired) electrons. The van der Waals surface area contributed by atoms with E-state index in [-0.39, 0.29) is 13.2 Å². The Morgan fingerprint density at radius 1 is 1.14 bits per heavy atom. The lowest BCUT2D eigenvalue weighted by atomic mass is 10.1. The summed E-state index contributed by atoms with van der Waals surface area (Å²) in [5.74, 6) is 3.20. The molecule has 194 valence electrons. The predicted molar refractivity (Wildman–Crippen MR) is 138 cm³/mol. The van der Waals surface area contributed by atoms with E-state index in [2.05, 4.69) is 21.4 Å². The predicted octanol–water partition coefficient (Wildman–Crippen LogP) is 3.48. The molecule has 1 saturated heterocycles. The molecule has 1 fully saturated rings. The summed E-state index contributed by atoms with van der Waals surface area (Å²) in [5, 5.41) is 11.2. The van der Waals surface area contributed by atoms with Crippen molar-refractivity contribution >= 4 is 0 Å². The van der Waals surface area contributed by atoms with Crippen LogP contribution in [-0.4, -0.2) is 71.8 Å². The lowest BCUT2D eigenvalue weighted by Gasteiger charge is -2.30. The number of aryl methyl sites for hydroxylation is 2. The second-order valence-electron chi connectivity index (χ2n) is 9.32. The number of hydrogen-bond acceptors (Lipinski definition) is 7. The van der Waals surface area contributed by atoms with Gasteiger partial charge in [0.25, 0.3) is 0 Å². The second-order valence-corrected chi connectivity index (χ2v) is 9.32. The van der Waals surface area contributed by atoms with Crippen molar-refractivity contribution in [3.05, 3.63) is 71.8 Å². The number of rotatable bonds is 11. The highest BCUT2D eigenvalue weighted by Crippen LogP contribution is 2.29. The van der Waals surface area contributed by atoms with Crippen LogP contribution in [0.2, 0.25) is 0 Å². The van der Waals surface area contributed by atoms with Crippen LogP contribution in [0, 0.1) is 6.92 Å². The Balaban J connectivity index is 1.35. The van der Waals surface area contributed by atoms with E-state index in [1.165, 1.54) is 0 Å². The van der Waals surface area contributed by atoms with E-state index in [4.69, 9.17) is 18.9 Å². The number of β-amino-alcohol motifs (C(OH)–C–C–N with tert-alkyl or cyclic N) is 1. The van der Waals surface area contributed by atoms with Gasteiger partial charge < -0.3 is 28.6 Å². The second kappa shape index (κ2) is 12.3. The van der Waals surface area contributed by atoms with Crippen LogP contribution in [0.25, 0.3) is 0 Å². The molecule has 8 nitrogen and oxygen atoms in total. The summed E-state index contributed by atoms with van der Waals surface area (Å²) in [6.07, 6.45) is 4.68. The third-order valence-corrected chi connectivity index (χ3v) is 6.28. The van der Waals surface area contributed by atoms with E-state index in [9.17, 15) is 5.11 Å². The third kappa shape index (κ3) is 7.00. The maximum Gasteiger partial charge on any atom is 0.161 e. The van der Waals surface area contributed by atoms with E-state index in [0.717, 1.165) is 42.2 Å². The highest BCUT2D eigenvalue weighted by atomic mass is 16.5. The van der Waals surface area contributed by atoms with Crippen molar-refractivity contribution in [1.29, 1.82) is 0 Å². The SMILES string of the molecule is CCc1nccn1CCOc1ccc(CN2CCOC[C@@](O)(COc3cccc(C)c3)C2)cc1OC. The molecule has 0 unspecified atom stereocenters. The summed E-state index contributed by atoms with van der Waals surface area (Å²) in [6.45, 7) is 8.15. The van der Waals surface area contributed by atoms with E-state index in [0.29, 0.717) is 37.8 Å². The zero-order chi connectivity index (χ0) is 25.4. The minimum Gasteiger partial charge on any atom is -0.493 e. The molecule has 4 rings (SSSR count). The summed E-state index contributed by atoms with van der Waals surface area (Å²) in [5.41, 5.74) is 1.09. The number of aromatic nitrogens is 2. The molecule has 0 spiro atoms. The first kappa shape index (κ1) is 26.0. The Kier molecular flexibility index (Phi) is 8.85. The standard InChI is InChI=1S/C28H37N3O5/c1-4-27-29-10-11-31(27)13-15-35-25-9-8-23(17-26(25)33-3)18-30-12-14-34-20-28(32,19-30)21-36-24-7-5-6-22(2)16-24/h5-11,16-17,32H,4,12-15,18-21H2,1-3H3/t28-/m1/s1. The zero-order valence-corrected chi connectivity index (χ0v) is 21.5. The van der Waals surface area contributed by atoms with Gasteiger partial charge >= 0.3 is 0 Å². The summed E-state index contributed by atoms with van der Waals surface area (Å²) in [4.78, 5) is 6.54. The van der Waals surface area contributed by atoms with Crippen LogP contribution in [0.1, 0.15) is 23.9 Å². The lowest BCUT2D eigenvalue weighted by molar-refractivity contribution is -0.0646. The Morgan fingerprint density at radius 2 is 2.03 bits per heavy atom. The highest BCUT2D eigenvalue weighted by molar-refractivity contribution is 5.43. The molecule has 2 aromatic carbocycles. The Labute approximate surface area is 213 Å². The molecule has 0 saturated carbocycles. The number of methoxy groups -OCH3 is 1. The molecular formula is C28H37N3O5. The molecule has 0 bridgehead atoms. The molecule has 1 atom stereocenters. The lowest BCUT2D eigenvalue weighted by Crippen LogP contribution is -2.48. The molecular weight excluding hydrogens is 458 g/mol. The summed E-state index contributed by atoms with van der Waals surface area (Å²) in [7, 11) is 1.65. The molecule has 3 aromatic rings. The molecule has 1 aliphatic heterocycles. The summed E-state index contributed by atoms with van der Waals surface area (Å²) >= 11 is 0. The van der Waals surface area contributed by atoms with Gasteiger partial charge in [-0.3, -0.25) is 4.90 Å². The molecule has 2 heterocycles. The van der Waals surface area contributed by atoms with Gasteiger partial charge in [0.15, 0.2) is 11.5 Å². The van der Waals surface area contributed by atoms with Gasteiger partial charge in [-0.25, -0.2) is 4.98 Å². The molecule has 1 aromatic heterocycles. The zero-order valence-electron chi connectivity index (χ0n) is 21.5. The Morgan fingerprint density at radius 3 is 2.83 bits per heavy atom. The van der Waals surface area contributed by atoms with E-state index >= 15 is 0 Å². The van der Waals surface area contributed by atoms with Crippen LogP contribution in [0.3, 0.4) is 0 Å². The van der Waals surface area contributed by atoms with Crippen molar-refractivity contribution in [2.24, 2.45) is 0 Å². The maximum atomic E-state index is 11.2. The van der Waals surface area contributed by atoms with Gasteiger partial charge in [0, 0.05) is 38.4 Å². The minimum absolute atomic E-state index is 0.166. The van der Waals surface area contributed by atoms with Gasteiger partial charge in [-0.15, -0.1) is 0 Å². The summed E-state index contributed by atoms with van der Waals surface area (Å²) in [6, 6.07) is 13.8. The highest BCUT2D eigenvalue weighted by Gasteiger charge is 2.33. The van der Waals surface area contributed by atoms with Crippen molar-refractivity contribution < 1.29 is 24.1 Å². The number of hydrogen-bond donors (Lipinski definition) is 1. The topological polar surface area (TPSA) is 78.2 Å². The van der Waals surface area contributed by atoms with Gasteiger partial charge in [0.05, 0.1) is 26.9 Å². The van der Waals surface area contributed by atoms with E-state index < -0.39 is 5.60 Å². The quantitative estimate of drug-likeness (QED) is 0.436. The number of aliphatic hydroxyl groups is 1. The average molecular weight is 496 g/mol. The Hall–Kier alpha value is -3.07. The van der Waals surface area contributed by atoms with Gasteiger partial charge in [0.2, 0.25) is 0 Å². The van der Waals surface area contributed by atoms with Crippen LogP contribution >= 0.6 is 0 Å². The van der Waals surface area contributed by atoms with Crippen molar-refractivity contribution in [2.45, 2.75) is 39.0 Å². The average Bonchev–Trinajstić information content (AvgIpc) is 3.25. The fourth-order valence-electron chi connectivity index (χ4n) is 4.44. The van der Waals surface area contributed by atoms with Crippen molar-refractivity contribution in [3.8, 4) is 17.2 Å². The van der Waals surface area contributed by atoms with Crippen molar-refractivity contribution in [1.82, 2.24) is 14.5 Å². The van der Waals surface area contributed by atoms with Gasteiger partial charge in [-0.1, -0.05) is 25.1 Å². The van der Waals surface area contributed by atoms with Crippen LogP contribution < -0.4 is 14.2 Å². The van der Waals surface area contributed by atoms with Gasteiger partial charge in [-0.05, 0) is 42.3 Å². The maximum absolute atomic E-state index is 11.2. The van der Waals surface area contributed by atoms with Crippen LogP contribution in [0.5, 0.6) is 17.2 Å². The first-order valence-corrected chi connectivity index (χ1v) is 12.5. The van der Waals surface area contributed by atoms with Crippen LogP contribution in [0.15, 0.2) is 54.9 Å². The largest absolute Gasteiger partial charge is 0.493 e. The van der Waals surface area contributed by atoms with Crippen LogP contribution in [0.4, 0.5) is 0 Å². The monoisotopic (exact) mass is 495 g/mol. The van der Waals surface area contributed by atoms with Crippen LogP contribution in [-0.2, 0) is 24.2 Å². The third-order valence-electron chi connectivity index (χ3n) is 6.28. The number of imidazole rings is 1. The van der Waals surface area contributed by atoms with Gasteiger partial charge in [0.1, 0.15) is 30.4 Å². The first-order valence-electron chi connectivity index (χ1n) is 12.5. The number of benzene rings is 2. The molecule has 1 aliphatic rings. The molecule has 1 N–H and O–H groups in total. The van der Waals surface area contributed by atoms with Crippen molar-refractivity contribution in [3.63, 3.8) is 0 Å². The van der Waals surface area contributed by atoms with E-state index in [1.54, 1.807) is 7.11 Å². The molecule has 8 heteroatoms. The molecule has 0 aliphatic carbocycles. The fraction of sp³-hybridized carbons (Fsp3) is 0.464. The van der Waals surface area contributed by atoms with Gasteiger partial charge in [-0.2, -0.15) is 0 Å². The Bertz CT molecular complexity index is 1120. The normalized spacial score (nSPS) is 18.6.